The first-order valence-electron chi connectivity index (χ1n) is 14.0. The van der Waals surface area contributed by atoms with Crippen molar-refractivity contribution >= 4 is 28.2 Å². The van der Waals surface area contributed by atoms with E-state index in [0.29, 0.717) is 42.7 Å². The van der Waals surface area contributed by atoms with E-state index in [2.05, 4.69) is 28.1 Å². The van der Waals surface area contributed by atoms with Gasteiger partial charge in [-0.1, -0.05) is 60.7 Å². The second-order valence-corrected chi connectivity index (χ2v) is 10.4. The third-order valence-electron chi connectivity index (χ3n) is 7.45. The van der Waals surface area contributed by atoms with Crippen molar-refractivity contribution in [1.82, 2.24) is 4.98 Å². The second kappa shape index (κ2) is 12.2. The van der Waals surface area contributed by atoms with Gasteiger partial charge in [0, 0.05) is 46.9 Å². The molecule has 0 amide bonds. The highest BCUT2D eigenvalue weighted by molar-refractivity contribution is 6.03. The maximum absolute atomic E-state index is 6.73. The van der Waals surface area contributed by atoms with Crippen molar-refractivity contribution in [3.8, 4) is 17.2 Å². The summed E-state index contributed by atoms with van der Waals surface area (Å²) in [6, 6.07) is 28.2. The van der Waals surface area contributed by atoms with E-state index in [1.807, 2.05) is 85.2 Å². The number of methoxy groups -OCH3 is 1. The minimum absolute atomic E-state index is 0.121. The van der Waals surface area contributed by atoms with Gasteiger partial charge in [0.1, 0.15) is 19.0 Å². The van der Waals surface area contributed by atoms with Crippen LogP contribution in [0.15, 0.2) is 104 Å². The maximum Gasteiger partial charge on any atom is 0.169 e. The lowest BCUT2D eigenvalue weighted by Gasteiger charge is -2.27. The van der Waals surface area contributed by atoms with Crippen LogP contribution in [0.25, 0.3) is 16.8 Å². The van der Waals surface area contributed by atoms with E-state index in [-0.39, 0.29) is 6.04 Å². The summed E-state index contributed by atoms with van der Waals surface area (Å²) < 4.78 is 18.0. The average Bonchev–Trinajstić information content (AvgIpc) is 3.03. The van der Waals surface area contributed by atoms with E-state index in [4.69, 9.17) is 25.7 Å². The molecule has 4 N–H and O–H groups in total. The topological polar surface area (TPSA) is 95.9 Å². The Balaban J connectivity index is 1.22. The minimum Gasteiger partial charge on any atom is -0.493 e. The zero-order valence-corrected chi connectivity index (χ0v) is 23.6. The summed E-state index contributed by atoms with van der Waals surface area (Å²) in [7, 11) is 1.65. The zero-order valence-electron chi connectivity index (χ0n) is 23.6. The fourth-order valence-corrected chi connectivity index (χ4v) is 5.30. The number of fused-ring (bicyclic) bond motifs is 2. The molecule has 0 unspecified atom stereocenters. The second-order valence-electron chi connectivity index (χ2n) is 10.4. The van der Waals surface area contributed by atoms with Crippen LogP contribution < -0.4 is 30.6 Å². The summed E-state index contributed by atoms with van der Waals surface area (Å²) in [5, 5.41) is 1.85. The molecule has 0 fully saturated rings. The van der Waals surface area contributed by atoms with Crippen molar-refractivity contribution in [2.45, 2.75) is 25.6 Å². The molecule has 6 rings (SSSR count). The molecule has 2 heterocycles. The molecule has 0 saturated carbocycles. The molecule has 5 aromatic rings. The lowest BCUT2D eigenvalue weighted by Crippen LogP contribution is -2.30. The lowest BCUT2D eigenvalue weighted by atomic mass is 9.95. The molecule has 42 heavy (non-hydrogen) atoms. The number of ether oxygens (including phenoxy) is 3. The highest BCUT2D eigenvalue weighted by Gasteiger charge is 2.21. The van der Waals surface area contributed by atoms with Crippen LogP contribution in [0.1, 0.15) is 22.3 Å². The van der Waals surface area contributed by atoms with Crippen LogP contribution >= 0.6 is 0 Å². The highest BCUT2D eigenvalue weighted by Crippen LogP contribution is 2.42. The monoisotopic (exact) mass is 558 g/mol. The van der Waals surface area contributed by atoms with E-state index in [0.717, 1.165) is 39.6 Å². The molecule has 0 radical (unpaired) electrons. The molecule has 0 aliphatic carbocycles. The van der Waals surface area contributed by atoms with E-state index in [1.165, 1.54) is 5.56 Å². The van der Waals surface area contributed by atoms with Gasteiger partial charge >= 0.3 is 0 Å². The summed E-state index contributed by atoms with van der Waals surface area (Å²) >= 11 is 0. The third-order valence-corrected chi connectivity index (χ3v) is 7.45. The summed E-state index contributed by atoms with van der Waals surface area (Å²) in [5.41, 5.74) is 19.0. The molecule has 0 bridgehead atoms. The number of rotatable bonds is 10. The Labute approximate surface area is 246 Å². The smallest absolute Gasteiger partial charge is 0.169 e. The molecular weight excluding hydrogens is 524 g/mol. The standard InChI is InChI=1S/C35H34N4O3/c1-40-33-13-12-31-32(35(33)42-22-25-10-6-3-7-11-25)17-26-21-39(15-14-30(26)34(31)37)28-18-29(20-38-19-28)41-23-27(36)16-24-8-4-2-5-9-24/h2-15,17-20,27H,16,21-23,36-37H2,1H3/t27-/m1/s1. The molecule has 0 saturated heterocycles. The number of hydrogen-bond acceptors (Lipinski definition) is 7. The SMILES string of the molecule is COc1ccc2c(N)c3c(cc2c1OCc1ccccc1)CN(c1cncc(OC[C@H](N)Cc2ccccc2)c1)C=C3. The van der Waals surface area contributed by atoms with Crippen LogP contribution in [0.5, 0.6) is 17.2 Å². The largest absolute Gasteiger partial charge is 0.493 e. The van der Waals surface area contributed by atoms with E-state index in [1.54, 1.807) is 13.3 Å². The van der Waals surface area contributed by atoms with Gasteiger partial charge in [-0.2, -0.15) is 0 Å². The van der Waals surface area contributed by atoms with Crippen LogP contribution in [0.3, 0.4) is 0 Å². The number of aromatic nitrogens is 1. The van der Waals surface area contributed by atoms with E-state index < -0.39 is 0 Å². The summed E-state index contributed by atoms with van der Waals surface area (Å²) in [5.74, 6) is 2.02. The quantitative estimate of drug-likeness (QED) is 0.193. The number of benzene rings is 4. The normalized spacial score (nSPS) is 13.0. The van der Waals surface area contributed by atoms with Crippen molar-refractivity contribution in [2.24, 2.45) is 5.73 Å². The van der Waals surface area contributed by atoms with Crippen LogP contribution in [0, 0.1) is 0 Å². The van der Waals surface area contributed by atoms with Gasteiger partial charge in [0.2, 0.25) is 0 Å². The first-order chi connectivity index (χ1) is 20.6. The Bertz CT molecular complexity index is 1710. The number of pyridine rings is 1. The Hall–Kier alpha value is -5.01. The molecule has 1 aromatic heterocycles. The predicted molar refractivity (Wildman–Crippen MR) is 169 cm³/mol. The first-order valence-corrected chi connectivity index (χ1v) is 14.0. The van der Waals surface area contributed by atoms with Crippen molar-refractivity contribution in [2.75, 3.05) is 24.4 Å². The van der Waals surface area contributed by atoms with Crippen molar-refractivity contribution < 1.29 is 14.2 Å². The minimum atomic E-state index is -0.121. The maximum atomic E-state index is 6.73. The van der Waals surface area contributed by atoms with Crippen molar-refractivity contribution in [1.29, 1.82) is 0 Å². The number of nitrogens with two attached hydrogens (primary N) is 2. The van der Waals surface area contributed by atoms with Gasteiger partial charge in [-0.15, -0.1) is 0 Å². The Morgan fingerprint density at radius 3 is 2.40 bits per heavy atom. The number of anilines is 2. The van der Waals surface area contributed by atoms with Gasteiger partial charge < -0.3 is 30.6 Å². The highest BCUT2D eigenvalue weighted by atomic mass is 16.5. The Morgan fingerprint density at radius 1 is 0.881 bits per heavy atom. The molecule has 7 nitrogen and oxygen atoms in total. The van der Waals surface area contributed by atoms with Crippen LogP contribution in [0.2, 0.25) is 0 Å². The Morgan fingerprint density at radius 2 is 1.64 bits per heavy atom. The summed E-state index contributed by atoms with van der Waals surface area (Å²) in [6.07, 6.45) is 8.37. The molecule has 1 atom stereocenters. The molecular formula is C35H34N4O3. The molecule has 212 valence electrons. The lowest BCUT2D eigenvalue weighted by molar-refractivity contribution is 0.286. The zero-order chi connectivity index (χ0) is 28.9. The fraction of sp³-hybridized carbons (Fsp3) is 0.171. The average molecular weight is 559 g/mol. The van der Waals surface area contributed by atoms with E-state index in [9.17, 15) is 0 Å². The van der Waals surface area contributed by atoms with E-state index >= 15 is 0 Å². The molecule has 1 aliphatic heterocycles. The molecule has 1 aliphatic rings. The van der Waals surface area contributed by atoms with Crippen LogP contribution in [-0.4, -0.2) is 24.7 Å². The van der Waals surface area contributed by atoms with Gasteiger partial charge in [0.25, 0.3) is 0 Å². The number of hydrogen-bond donors (Lipinski definition) is 2. The molecule has 0 spiro atoms. The van der Waals surface area contributed by atoms with Gasteiger partial charge in [-0.25, -0.2) is 0 Å². The third kappa shape index (κ3) is 5.87. The number of nitrogen functional groups attached to an aromatic ring is 1. The van der Waals surface area contributed by atoms with Gasteiger partial charge in [-0.3, -0.25) is 4.98 Å². The first kappa shape index (κ1) is 27.2. The molecule has 7 heteroatoms. The predicted octanol–water partition coefficient (Wildman–Crippen LogP) is 6.34. The van der Waals surface area contributed by atoms with Crippen LogP contribution in [0.4, 0.5) is 11.4 Å². The summed E-state index contributed by atoms with van der Waals surface area (Å²) in [4.78, 5) is 6.56. The van der Waals surface area contributed by atoms with Crippen molar-refractivity contribution in [3.05, 3.63) is 126 Å². The van der Waals surface area contributed by atoms with Crippen molar-refractivity contribution in [3.63, 3.8) is 0 Å². The van der Waals surface area contributed by atoms with Crippen LogP contribution in [-0.2, 0) is 19.6 Å². The van der Waals surface area contributed by atoms with Gasteiger partial charge in [0.05, 0.1) is 25.2 Å². The Kier molecular flexibility index (Phi) is 7.92. The summed E-state index contributed by atoms with van der Waals surface area (Å²) in [6.45, 7) is 1.43. The van der Waals surface area contributed by atoms with Gasteiger partial charge in [-0.05, 0) is 47.4 Å². The number of nitrogens with zero attached hydrogens (tertiary/aromatic N) is 2. The molecule has 4 aromatic carbocycles. The van der Waals surface area contributed by atoms with Gasteiger partial charge in [0.15, 0.2) is 11.5 Å². The fourth-order valence-electron chi connectivity index (χ4n) is 5.30.